The van der Waals surface area contributed by atoms with Crippen LogP contribution < -0.4 is 0 Å². The Kier molecular flexibility index (Phi) is 5.05. The predicted molar refractivity (Wildman–Crippen MR) is 103 cm³/mol. The fourth-order valence-electron chi connectivity index (χ4n) is 2.62. The van der Waals surface area contributed by atoms with E-state index >= 15 is 0 Å². The highest BCUT2D eigenvalue weighted by molar-refractivity contribution is 8.33. The molecule has 3 rings (SSSR count). The van der Waals surface area contributed by atoms with Crippen LogP contribution in [0.2, 0.25) is 0 Å². The average molecular weight is 406 g/mol. The normalized spacial score (nSPS) is 12.6. The van der Waals surface area contributed by atoms with Gasteiger partial charge < -0.3 is 15.3 Å². The first-order valence-corrected chi connectivity index (χ1v) is 11.2. The third kappa shape index (κ3) is 4.02. The van der Waals surface area contributed by atoms with Crippen molar-refractivity contribution in [2.24, 2.45) is 0 Å². The maximum absolute atomic E-state index is 12.2. The molecule has 3 aromatic rings. The van der Waals surface area contributed by atoms with Gasteiger partial charge in [0.1, 0.15) is 17.2 Å². The van der Waals surface area contributed by atoms with Crippen LogP contribution in [0.15, 0.2) is 87.5 Å². The maximum Gasteiger partial charge on any atom is 0.274 e. The Morgan fingerprint density at radius 3 is 1.07 bits per heavy atom. The number of hydrogen-bond acceptors (Lipinski definition) is 6. The largest absolute Gasteiger partial charge is 0.508 e. The van der Waals surface area contributed by atoms with Gasteiger partial charge in [-0.2, -0.15) is 8.42 Å². The lowest BCUT2D eigenvalue weighted by molar-refractivity contribution is 0.474. The quantitative estimate of drug-likeness (QED) is 0.592. The number of phenols is 3. The molecule has 0 aliphatic heterocycles. The van der Waals surface area contributed by atoms with Crippen molar-refractivity contribution in [1.29, 1.82) is 0 Å². The molecule has 0 saturated heterocycles. The van der Waals surface area contributed by atoms with Crippen LogP contribution in [0, 0.1) is 0 Å². The van der Waals surface area contributed by atoms with Crippen molar-refractivity contribution >= 4 is 20.4 Å². The van der Waals surface area contributed by atoms with Crippen LogP contribution in [0.1, 0.15) is 0 Å². The summed E-state index contributed by atoms with van der Waals surface area (Å²) in [6.45, 7) is 0. The van der Waals surface area contributed by atoms with Crippen molar-refractivity contribution in [3.63, 3.8) is 0 Å². The lowest BCUT2D eigenvalue weighted by Crippen LogP contribution is -2.12. The molecule has 0 aliphatic rings. The molecule has 142 valence electrons. The molecule has 0 aromatic heterocycles. The summed E-state index contributed by atoms with van der Waals surface area (Å²) in [6, 6.07) is 18.2. The molecule has 0 unspecified atom stereocenters. The molecule has 27 heavy (non-hydrogen) atoms. The highest BCUT2D eigenvalue weighted by Crippen LogP contribution is 2.70. The Morgan fingerprint density at radius 2 is 0.852 bits per heavy atom. The lowest BCUT2D eigenvalue weighted by atomic mass is 10.3. The van der Waals surface area contributed by atoms with Crippen LogP contribution in [0.4, 0.5) is 0 Å². The van der Waals surface area contributed by atoms with Crippen LogP contribution in [-0.2, 0) is 13.7 Å². The highest BCUT2D eigenvalue weighted by Gasteiger charge is 2.36. The van der Waals surface area contributed by atoms with Crippen molar-refractivity contribution in [3.05, 3.63) is 72.8 Å². The minimum absolute atomic E-state index is 0.0304. The van der Waals surface area contributed by atoms with Gasteiger partial charge in [-0.1, -0.05) is 0 Å². The first kappa shape index (κ1) is 19.1. The van der Waals surface area contributed by atoms with Gasteiger partial charge in [-0.15, -0.1) is 0 Å². The van der Waals surface area contributed by atoms with Gasteiger partial charge in [-0.05, 0) is 83.1 Å². The Hall–Kier alpha value is -2.68. The number of rotatable bonds is 5. The van der Waals surface area contributed by atoms with Gasteiger partial charge in [-0.25, -0.2) is 3.63 Å². The van der Waals surface area contributed by atoms with Crippen molar-refractivity contribution in [1.82, 2.24) is 0 Å². The minimum Gasteiger partial charge on any atom is -0.508 e. The SMILES string of the molecule is CS(=O)(=O)OS(c1ccc(O)cc1)(c1ccc(O)cc1)c1ccc(O)cc1. The zero-order valence-electron chi connectivity index (χ0n) is 14.3. The van der Waals surface area contributed by atoms with Crippen molar-refractivity contribution in [3.8, 4) is 17.2 Å². The number of benzene rings is 3. The fraction of sp³-hybridized carbons (Fsp3) is 0.0526. The van der Waals surface area contributed by atoms with E-state index in [-0.39, 0.29) is 17.2 Å². The summed E-state index contributed by atoms with van der Waals surface area (Å²) < 4.78 is 30.2. The Labute approximate surface area is 159 Å². The fourth-order valence-corrected chi connectivity index (χ4v) is 7.43. The molecule has 0 heterocycles. The second-order valence-corrected chi connectivity index (χ2v) is 10.3. The molecule has 8 heteroatoms. The minimum atomic E-state index is -3.91. The Balaban J connectivity index is 2.37. The van der Waals surface area contributed by atoms with Crippen LogP contribution in [0.3, 0.4) is 0 Å². The molecule has 0 amide bonds. The molecule has 0 saturated carbocycles. The summed E-state index contributed by atoms with van der Waals surface area (Å²) >= 11 is 0. The molecular formula is C19H18O6S2. The maximum atomic E-state index is 12.2. The standard InChI is InChI=1S/C19H18O6S2/c1-26(23,24)25-27(17-8-2-14(20)3-9-17,18-10-4-15(21)5-11-18)19-12-6-16(22)7-13-19/h2-13,20-22H,1H3. The second kappa shape index (κ2) is 7.15. The molecule has 0 fully saturated rings. The summed E-state index contributed by atoms with van der Waals surface area (Å²) in [6.07, 6.45) is 0.968. The third-order valence-corrected chi connectivity index (χ3v) is 8.34. The Morgan fingerprint density at radius 1 is 0.593 bits per heavy atom. The predicted octanol–water partition coefficient (Wildman–Crippen LogP) is 3.98. The van der Waals surface area contributed by atoms with Crippen LogP contribution in [-0.4, -0.2) is 30.0 Å². The van der Waals surface area contributed by atoms with E-state index < -0.39 is 20.4 Å². The average Bonchev–Trinajstić information content (AvgIpc) is 2.61. The van der Waals surface area contributed by atoms with Crippen molar-refractivity contribution in [2.75, 3.05) is 6.26 Å². The molecule has 0 spiro atoms. The van der Waals surface area contributed by atoms with Gasteiger partial charge in [0, 0.05) is 14.7 Å². The topological polar surface area (TPSA) is 104 Å². The summed E-state index contributed by atoms with van der Waals surface area (Å²) in [4.78, 5) is 1.59. The first-order valence-electron chi connectivity index (χ1n) is 7.82. The lowest BCUT2D eigenvalue weighted by Gasteiger charge is -2.39. The van der Waals surface area contributed by atoms with E-state index in [0.717, 1.165) is 6.26 Å². The Bertz CT molecular complexity index is 916. The number of aromatic hydroxyl groups is 3. The monoisotopic (exact) mass is 406 g/mol. The van der Waals surface area contributed by atoms with E-state index in [2.05, 4.69) is 0 Å². The van der Waals surface area contributed by atoms with Gasteiger partial charge in [0.05, 0.1) is 6.26 Å². The van der Waals surface area contributed by atoms with Crippen LogP contribution in [0.25, 0.3) is 0 Å². The molecular weight excluding hydrogens is 388 g/mol. The second-order valence-electron chi connectivity index (χ2n) is 5.81. The van der Waals surface area contributed by atoms with Crippen molar-refractivity contribution in [2.45, 2.75) is 14.7 Å². The summed E-state index contributed by atoms with van der Waals surface area (Å²) in [5.41, 5.74) is 0. The number of hydrogen-bond donors (Lipinski definition) is 3. The van der Waals surface area contributed by atoms with Crippen molar-refractivity contribution < 1.29 is 27.4 Å². The van der Waals surface area contributed by atoms with E-state index in [1.807, 2.05) is 0 Å². The van der Waals surface area contributed by atoms with Crippen LogP contribution in [0.5, 0.6) is 17.2 Å². The molecule has 3 aromatic carbocycles. The van der Waals surface area contributed by atoms with Gasteiger partial charge in [0.15, 0.2) is 0 Å². The summed E-state index contributed by atoms with van der Waals surface area (Å²) in [5, 5.41) is 29.0. The molecule has 0 aliphatic carbocycles. The number of phenolic OH excluding ortho intramolecular Hbond substituents is 3. The highest BCUT2D eigenvalue weighted by atomic mass is 32.3. The van der Waals surface area contributed by atoms with Gasteiger partial charge in [0.25, 0.3) is 10.1 Å². The van der Waals surface area contributed by atoms with Gasteiger partial charge in [-0.3, -0.25) is 0 Å². The molecule has 0 atom stereocenters. The zero-order valence-corrected chi connectivity index (χ0v) is 15.9. The van der Waals surface area contributed by atoms with E-state index in [0.29, 0.717) is 14.7 Å². The van der Waals surface area contributed by atoms with Gasteiger partial charge >= 0.3 is 0 Å². The van der Waals surface area contributed by atoms with E-state index in [1.165, 1.54) is 36.4 Å². The smallest absolute Gasteiger partial charge is 0.274 e. The van der Waals surface area contributed by atoms with E-state index in [1.54, 1.807) is 36.4 Å². The third-order valence-electron chi connectivity index (χ3n) is 3.73. The molecule has 6 nitrogen and oxygen atoms in total. The van der Waals surface area contributed by atoms with E-state index in [9.17, 15) is 23.7 Å². The van der Waals surface area contributed by atoms with E-state index in [4.69, 9.17) is 3.63 Å². The molecule has 3 N–H and O–H groups in total. The molecule has 0 bridgehead atoms. The molecule has 0 radical (unpaired) electrons. The van der Waals surface area contributed by atoms with Gasteiger partial charge in [0.2, 0.25) is 0 Å². The zero-order chi connectivity index (χ0) is 19.7. The van der Waals surface area contributed by atoms with Crippen LogP contribution >= 0.6 is 10.3 Å². The first-order chi connectivity index (χ1) is 12.7. The summed E-state index contributed by atoms with van der Waals surface area (Å²) in [5.74, 6) is 0.0912. The summed E-state index contributed by atoms with van der Waals surface area (Å²) in [7, 11) is -6.67.